The summed E-state index contributed by atoms with van der Waals surface area (Å²) in [6.45, 7) is 5.52. The van der Waals surface area contributed by atoms with Crippen molar-refractivity contribution in [2.24, 2.45) is 0 Å². The minimum absolute atomic E-state index is 0.0665. The van der Waals surface area contributed by atoms with Crippen molar-refractivity contribution in [2.45, 2.75) is 64.1 Å². The SMILES string of the molecule is CCS(=O)(=O)NC1CCC(c2c(CN(C)CCNC)nn3c2CCC3)C1. The Labute approximate surface area is 157 Å². The van der Waals surface area contributed by atoms with Gasteiger partial charge in [-0.25, -0.2) is 13.1 Å². The number of hydrogen-bond acceptors (Lipinski definition) is 5. The molecule has 26 heavy (non-hydrogen) atoms. The van der Waals surface area contributed by atoms with Gasteiger partial charge in [-0.15, -0.1) is 0 Å². The topological polar surface area (TPSA) is 79.3 Å². The van der Waals surface area contributed by atoms with E-state index in [4.69, 9.17) is 5.10 Å². The summed E-state index contributed by atoms with van der Waals surface area (Å²) in [5.74, 6) is 0.577. The Balaban J connectivity index is 1.74. The van der Waals surface area contributed by atoms with Gasteiger partial charge < -0.3 is 5.32 Å². The lowest BCUT2D eigenvalue weighted by molar-refractivity contribution is 0.321. The Morgan fingerprint density at radius 1 is 1.35 bits per heavy atom. The summed E-state index contributed by atoms with van der Waals surface area (Å²) in [7, 11) is 0.978. The summed E-state index contributed by atoms with van der Waals surface area (Å²) in [5, 5.41) is 8.11. The van der Waals surface area contributed by atoms with E-state index >= 15 is 0 Å². The molecule has 2 N–H and O–H groups in total. The highest BCUT2D eigenvalue weighted by atomic mass is 32.2. The summed E-state index contributed by atoms with van der Waals surface area (Å²) in [6, 6.07) is 0.0665. The lowest BCUT2D eigenvalue weighted by atomic mass is 9.93. The van der Waals surface area contributed by atoms with Gasteiger partial charge >= 0.3 is 0 Å². The first-order chi connectivity index (χ1) is 12.4. The molecule has 2 unspecified atom stereocenters. The third-order valence-corrected chi connectivity index (χ3v) is 7.14. The molecule has 7 nitrogen and oxygen atoms in total. The number of aromatic nitrogens is 2. The molecule has 0 radical (unpaired) electrons. The van der Waals surface area contributed by atoms with E-state index in [-0.39, 0.29) is 11.8 Å². The van der Waals surface area contributed by atoms with Crippen LogP contribution in [0.3, 0.4) is 0 Å². The van der Waals surface area contributed by atoms with E-state index in [0.29, 0.717) is 5.92 Å². The maximum absolute atomic E-state index is 11.9. The summed E-state index contributed by atoms with van der Waals surface area (Å²) in [6.07, 6.45) is 5.13. The number of sulfonamides is 1. The number of hydrogen-bond donors (Lipinski definition) is 2. The van der Waals surface area contributed by atoms with E-state index in [1.165, 1.54) is 23.4 Å². The van der Waals surface area contributed by atoms with Gasteiger partial charge in [-0.05, 0) is 59.0 Å². The molecule has 2 heterocycles. The molecule has 1 saturated carbocycles. The van der Waals surface area contributed by atoms with Crippen molar-refractivity contribution in [3.8, 4) is 0 Å². The molecule has 1 fully saturated rings. The standard InChI is InChI=1S/C18H33N5O2S/c1-4-26(24,25)21-15-8-7-14(12-15)18-16(13-22(3)11-9-19-2)20-23-10-5-6-17(18)23/h14-15,19,21H,4-13H2,1-3H3. The van der Waals surface area contributed by atoms with E-state index < -0.39 is 10.0 Å². The molecule has 0 bridgehead atoms. The smallest absolute Gasteiger partial charge is 0.211 e. The second-order valence-electron chi connectivity index (χ2n) is 7.70. The Morgan fingerprint density at radius 3 is 2.88 bits per heavy atom. The monoisotopic (exact) mass is 383 g/mol. The molecule has 3 rings (SSSR count). The summed E-state index contributed by atoms with van der Waals surface area (Å²) >= 11 is 0. The number of likely N-dealkylation sites (N-methyl/N-ethyl adjacent to an activating group) is 2. The van der Waals surface area contributed by atoms with Gasteiger partial charge in [-0.3, -0.25) is 9.58 Å². The van der Waals surface area contributed by atoms with Crippen molar-refractivity contribution >= 4 is 10.0 Å². The summed E-state index contributed by atoms with van der Waals surface area (Å²) in [5.41, 5.74) is 4.00. The van der Waals surface area contributed by atoms with Crippen LogP contribution < -0.4 is 10.0 Å². The average Bonchev–Trinajstić information content (AvgIpc) is 3.29. The Morgan fingerprint density at radius 2 is 2.15 bits per heavy atom. The van der Waals surface area contributed by atoms with Crippen molar-refractivity contribution < 1.29 is 8.42 Å². The van der Waals surface area contributed by atoms with E-state index in [1.54, 1.807) is 6.92 Å². The second kappa shape index (κ2) is 8.37. The van der Waals surface area contributed by atoms with E-state index in [0.717, 1.165) is 51.9 Å². The number of nitrogens with zero attached hydrogens (tertiary/aromatic N) is 3. The van der Waals surface area contributed by atoms with Gasteiger partial charge in [-0.2, -0.15) is 5.10 Å². The quantitative estimate of drug-likeness (QED) is 0.666. The second-order valence-corrected chi connectivity index (χ2v) is 9.75. The molecule has 0 spiro atoms. The fraction of sp³-hybridized carbons (Fsp3) is 0.833. The van der Waals surface area contributed by atoms with E-state index in [2.05, 4.69) is 26.7 Å². The van der Waals surface area contributed by atoms with Crippen molar-refractivity contribution in [3.63, 3.8) is 0 Å². The van der Waals surface area contributed by atoms with E-state index in [1.807, 2.05) is 7.05 Å². The largest absolute Gasteiger partial charge is 0.318 e. The summed E-state index contributed by atoms with van der Waals surface area (Å²) < 4.78 is 28.9. The van der Waals surface area contributed by atoms with Gasteiger partial charge in [0.2, 0.25) is 10.0 Å². The molecular formula is C18H33N5O2S. The van der Waals surface area contributed by atoms with Crippen molar-refractivity contribution in [3.05, 3.63) is 17.0 Å². The zero-order valence-corrected chi connectivity index (χ0v) is 17.1. The first-order valence-electron chi connectivity index (χ1n) is 9.85. The highest BCUT2D eigenvalue weighted by Gasteiger charge is 2.34. The van der Waals surface area contributed by atoms with Gasteiger partial charge in [0, 0.05) is 43.5 Å². The first-order valence-corrected chi connectivity index (χ1v) is 11.5. The maximum Gasteiger partial charge on any atom is 0.211 e. The van der Waals surface area contributed by atoms with Gasteiger partial charge in [0.1, 0.15) is 0 Å². The van der Waals surface area contributed by atoms with E-state index in [9.17, 15) is 8.42 Å². The highest BCUT2D eigenvalue weighted by Crippen LogP contribution is 2.40. The molecule has 1 aliphatic heterocycles. The van der Waals surface area contributed by atoms with Gasteiger partial charge in [0.25, 0.3) is 0 Å². The Kier molecular flexibility index (Phi) is 6.37. The molecular weight excluding hydrogens is 350 g/mol. The Hall–Kier alpha value is -0.960. The van der Waals surface area contributed by atoms with Crippen molar-refractivity contribution in [2.75, 3.05) is 32.9 Å². The minimum atomic E-state index is -3.13. The van der Waals surface area contributed by atoms with Crippen molar-refractivity contribution in [1.29, 1.82) is 0 Å². The molecule has 8 heteroatoms. The normalized spacial score (nSPS) is 23.1. The molecule has 2 aliphatic rings. The van der Waals surface area contributed by atoms with Crippen LogP contribution in [-0.2, 0) is 29.5 Å². The summed E-state index contributed by atoms with van der Waals surface area (Å²) in [4.78, 5) is 2.31. The van der Waals surface area contributed by atoms with Crippen LogP contribution in [0, 0.1) is 0 Å². The molecule has 1 aliphatic carbocycles. The lowest BCUT2D eigenvalue weighted by Gasteiger charge is -2.18. The third-order valence-electron chi connectivity index (χ3n) is 5.69. The highest BCUT2D eigenvalue weighted by molar-refractivity contribution is 7.89. The molecule has 0 saturated heterocycles. The zero-order valence-electron chi connectivity index (χ0n) is 16.3. The van der Waals surface area contributed by atoms with Crippen LogP contribution in [0.2, 0.25) is 0 Å². The van der Waals surface area contributed by atoms with Crippen LogP contribution in [0.25, 0.3) is 0 Å². The fourth-order valence-corrected chi connectivity index (χ4v) is 5.21. The van der Waals surface area contributed by atoms with Crippen LogP contribution in [0.15, 0.2) is 0 Å². The Bertz CT molecular complexity index is 715. The maximum atomic E-state index is 11.9. The number of nitrogens with one attached hydrogen (secondary N) is 2. The van der Waals surface area contributed by atoms with Crippen LogP contribution in [0.5, 0.6) is 0 Å². The third kappa shape index (κ3) is 4.47. The fourth-order valence-electron chi connectivity index (χ4n) is 4.32. The predicted molar refractivity (Wildman–Crippen MR) is 104 cm³/mol. The predicted octanol–water partition coefficient (Wildman–Crippen LogP) is 1.06. The molecule has 0 aromatic carbocycles. The molecule has 2 atom stereocenters. The van der Waals surface area contributed by atoms with Gasteiger partial charge in [0.15, 0.2) is 0 Å². The van der Waals surface area contributed by atoms with Crippen molar-refractivity contribution in [1.82, 2.24) is 24.7 Å². The minimum Gasteiger partial charge on any atom is -0.318 e. The number of rotatable bonds is 9. The van der Waals surface area contributed by atoms with Gasteiger partial charge in [0.05, 0.1) is 11.4 Å². The lowest BCUT2D eigenvalue weighted by Crippen LogP contribution is -2.34. The average molecular weight is 384 g/mol. The van der Waals surface area contributed by atoms with Gasteiger partial charge in [-0.1, -0.05) is 0 Å². The zero-order chi connectivity index (χ0) is 18.7. The number of aryl methyl sites for hydroxylation is 1. The van der Waals surface area contributed by atoms with Crippen LogP contribution in [-0.4, -0.2) is 62.1 Å². The van der Waals surface area contributed by atoms with Crippen LogP contribution >= 0.6 is 0 Å². The van der Waals surface area contributed by atoms with Crippen LogP contribution in [0.1, 0.15) is 55.5 Å². The molecule has 148 valence electrons. The molecule has 1 aromatic rings. The molecule has 0 amide bonds. The number of fused-ring (bicyclic) bond motifs is 1. The molecule has 1 aromatic heterocycles. The van der Waals surface area contributed by atoms with Crippen LogP contribution in [0.4, 0.5) is 0 Å². The first kappa shape index (κ1) is 19.8.